The number of urea groups is 1. The van der Waals surface area contributed by atoms with Crippen molar-refractivity contribution in [1.82, 2.24) is 14.7 Å². The lowest BCUT2D eigenvalue weighted by atomic mass is 9.78. The van der Waals surface area contributed by atoms with Gasteiger partial charge in [0.2, 0.25) is 0 Å². The molecule has 5 nitrogen and oxygen atoms in total. The second-order valence-electron chi connectivity index (χ2n) is 11.6. The number of hydrogen-bond acceptors (Lipinski definition) is 3. The highest BCUT2D eigenvalue weighted by Crippen LogP contribution is 2.47. The second kappa shape index (κ2) is 10.6. The molecule has 2 fully saturated rings. The van der Waals surface area contributed by atoms with Crippen molar-refractivity contribution in [3.63, 3.8) is 0 Å². The highest BCUT2D eigenvalue weighted by atomic mass is 19.4. The topological polar surface area (TPSA) is 43.9 Å². The lowest BCUT2D eigenvalue weighted by Gasteiger charge is -2.45. The molecule has 5 rings (SSSR count). The van der Waals surface area contributed by atoms with Crippen LogP contribution in [0.15, 0.2) is 48.2 Å². The van der Waals surface area contributed by atoms with Crippen LogP contribution in [0.4, 0.5) is 22.4 Å². The van der Waals surface area contributed by atoms with Gasteiger partial charge >= 0.3 is 12.2 Å². The monoisotopic (exact) mass is 557 g/mol. The van der Waals surface area contributed by atoms with Crippen LogP contribution in [0, 0.1) is 31.5 Å². The quantitative estimate of drug-likeness (QED) is 0.388. The Bertz CT molecular complexity index is 1350. The van der Waals surface area contributed by atoms with Crippen LogP contribution in [0.5, 0.6) is 0 Å². The fourth-order valence-corrected chi connectivity index (χ4v) is 6.69. The molecular formula is C31H35F4N3O2. The fourth-order valence-electron chi connectivity index (χ4n) is 6.69. The van der Waals surface area contributed by atoms with E-state index in [2.05, 4.69) is 4.90 Å². The van der Waals surface area contributed by atoms with Crippen molar-refractivity contribution < 1.29 is 27.2 Å². The van der Waals surface area contributed by atoms with Gasteiger partial charge in [-0.25, -0.2) is 9.18 Å². The van der Waals surface area contributed by atoms with Crippen molar-refractivity contribution in [1.29, 1.82) is 0 Å². The van der Waals surface area contributed by atoms with Crippen molar-refractivity contribution >= 4 is 11.8 Å². The first-order valence-electron chi connectivity index (χ1n) is 13.8. The van der Waals surface area contributed by atoms with E-state index in [0.29, 0.717) is 36.6 Å². The van der Waals surface area contributed by atoms with E-state index in [-0.39, 0.29) is 29.6 Å². The summed E-state index contributed by atoms with van der Waals surface area (Å²) < 4.78 is 54.6. The van der Waals surface area contributed by atoms with Gasteiger partial charge in [0.1, 0.15) is 5.82 Å². The number of benzene rings is 2. The number of amides is 2. The number of carbonyl (C=O) groups excluding carboxylic acids is 2. The third-order valence-electron chi connectivity index (χ3n) is 8.92. The van der Waals surface area contributed by atoms with Crippen LogP contribution in [-0.2, 0) is 11.0 Å². The minimum atomic E-state index is -4.48. The summed E-state index contributed by atoms with van der Waals surface area (Å²) in [7, 11) is 1.62. The van der Waals surface area contributed by atoms with Crippen LogP contribution < -0.4 is 0 Å². The van der Waals surface area contributed by atoms with Crippen LogP contribution in [-0.4, -0.2) is 53.2 Å². The van der Waals surface area contributed by atoms with E-state index in [1.807, 2.05) is 11.8 Å². The summed E-state index contributed by atoms with van der Waals surface area (Å²) in [5.74, 6) is 0.148. The summed E-state index contributed by atoms with van der Waals surface area (Å²) in [6.07, 6.45) is -0.744. The van der Waals surface area contributed by atoms with Crippen molar-refractivity contribution in [2.75, 3.05) is 26.7 Å². The normalized spacial score (nSPS) is 23.8. The van der Waals surface area contributed by atoms with Crippen LogP contribution in [0.1, 0.15) is 66.1 Å². The van der Waals surface area contributed by atoms with Gasteiger partial charge in [-0.05, 0) is 80.5 Å². The average molecular weight is 558 g/mol. The van der Waals surface area contributed by atoms with E-state index in [9.17, 15) is 27.2 Å². The minimum Gasteiger partial charge on any atom is -0.374 e. The van der Waals surface area contributed by atoms with Crippen LogP contribution >= 0.6 is 0 Å². The SMILES string of the molecule is Cc1cc([C@@H](C)N(C)C(=O)N2CC[C@@H]3CN(C4=CC(=O)CC4)CC3[C@@H]2c2ccc(F)cc2C)cc(C(F)(F)F)c1. The van der Waals surface area contributed by atoms with Gasteiger partial charge in [0.15, 0.2) is 5.78 Å². The molecule has 1 unspecified atom stereocenters. The number of allylic oxidation sites excluding steroid dienone is 2. The van der Waals surface area contributed by atoms with Crippen molar-refractivity contribution in [3.05, 3.63) is 81.8 Å². The number of likely N-dealkylation sites (tertiary alicyclic amines) is 2. The number of carbonyl (C=O) groups is 2. The molecule has 2 heterocycles. The Morgan fingerprint density at radius 1 is 1.07 bits per heavy atom. The molecule has 0 spiro atoms. The number of piperidine rings is 1. The van der Waals surface area contributed by atoms with Gasteiger partial charge in [0.25, 0.3) is 0 Å². The molecule has 40 heavy (non-hydrogen) atoms. The molecule has 9 heteroatoms. The number of alkyl halides is 3. The van der Waals surface area contributed by atoms with E-state index < -0.39 is 17.8 Å². The number of nitrogens with zero attached hydrogens (tertiary/aromatic N) is 3. The standard InChI is InChI=1S/C31H35F4N3O2/c1-18-11-22(14-23(12-18)31(33,34)35)20(3)36(4)30(40)38-10-9-21-16-37(25-6-7-26(39)15-25)17-28(21)29(38)27-8-5-24(32)13-19(27)2/h5,8,11-15,20-21,28-29H,6-7,9-10,16-17H2,1-4H3/t20-,21-,28?,29+/m1/s1. The molecule has 0 saturated carbocycles. The summed E-state index contributed by atoms with van der Waals surface area (Å²) in [5.41, 5.74) is 2.82. The number of fused-ring (bicyclic) bond motifs is 1. The second-order valence-corrected chi connectivity index (χ2v) is 11.6. The van der Waals surface area contributed by atoms with Crippen molar-refractivity contribution in [2.45, 2.75) is 58.3 Å². The first kappa shape index (κ1) is 28.2. The predicted molar refractivity (Wildman–Crippen MR) is 144 cm³/mol. The maximum absolute atomic E-state index is 14.1. The zero-order valence-corrected chi connectivity index (χ0v) is 23.3. The molecule has 2 aromatic carbocycles. The number of aryl methyl sites for hydroxylation is 2. The Morgan fingerprint density at radius 3 is 2.48 bits per heavy atom. The number of rotatable bonds is 4. The first-order chi connectivity index (χ1) is 18.8. The number of hydrogen-bond donors (Lipinski definition) is 0. The van der Waals surface area contributed by atoms with Crippen LogP contribution in [0.25, 0.3) is 0 Å². The number of halogens is 4. The Balaban J connectivity index is 1.46. The zero-order valence-electron chi connectivity index (χ0n) is 23.3. The lowest BCUT2D eigenvalue weighted by molar-refractivity contribution is -0.137. The lowest BCUT2D eigenvalue weighted by Crippen LogP contribution is -2.51. The van der Waals surface area contributed by atoms with Crippen LogP contribution in [0.2, 0.25) is 0 Å². The minimum absolute atomic E-state index is 0.0676. The molecule has 1 aliphatic carbocycles. The van der Waals surface area contributed by atoms with E-state index >= 15 is 0 Å². The van der Waals surface area contributed by atoms with Gasteiger partial charge in [-0.15, -0.1) is 0 Å². The summed E-state index contributed by atoms with van der Waals surface area (Å²) >= 11 is 0. The van der Waals surface area contributed by atoms with Gasteiger partial charge in [-0.1, -0.05) is 17.7 Å². The van der Waals surface area contributed by atoms with E-state index in [0.717, 1.165) is 48.3 Å². The maximum Gasteiger partial charge on any atom is 0.416 e. The molecular weight excluding hydrogens is 522 g/mol. The van der Waals surface area contributed by atoms with Crippen LogP contribution in [0.3, 0.4) is 0 Å². The molecule has 0 radical (unpaired) electrons. The van der Waals surface area contributed by atoms with E-state index in [1.165, 1.54) is 17.0 Å². The third kappa shape index (κ3) is 5.34. The number of ketones is 1. The summed E-state index contributed by atoms with van der Waals surface area (Å²) in [6.45, 7) is 7.15. The molecule has 0 aromatic heterocycles. The van der Waals surface area contributed by atoms with Gasteiger partial charge in [-0.3, -0.25) is 4.79 Å². The average Bonchev–Trinajstić information content (AvgIpc) is 3.52. The smallest absolute Gasteiger partial charge is 0.374 e. The highest BCUT2D eigenvalue weighted by Gasteiger charge is 2.47. The Hall–Kier alpha value is -3.36. The first-order valence-corrected chi connectivity index (χ1v) is 13.8. The van der Waals surface area contributed by atoms with Crippen molar-refractivity contribution in [2.24, 2.45) is 11.8 Å². The van der Waals surface area contributed by atoms with Gasteiger partial charge in [0.05, 0.1) is 17.6 Å². The molecule has 4 atom stereocenters. The summed E-state index contributed by atoms with van der Waals surface area (Å²) in [4.78, 5) is 31.6. The Labute approximate surface area is 232 Å². The molecule has 0 bridgehead atoms. The molecule has 2 aromatic rings. The largest absolute Gasteiger partial charge is 0.416 e. The van der Waals surface area contributed by atoms with Crippen molar-refractivity contribution in [3.8, 4) is 0 Å². The molecule has 2 amide bonds. The van der Waals surface area contributed by atoms with Gasteiger partial charge in [-0.2, -0.15) is 13.2 Å². The third-order valence-corrected chi connectivity index (χ3v) is 8.92. The molecule has 2 aliphatic heterocycles. The Morgan fingerprint density at radius 2 is 1.82 bits per heavy atom. The molecule has 214 valence electrons. The van der Waals surface area contributed by atoms with Gasteiger partial charge in [0, 0.05) is 50.8 Å². The Kier molecular flexibility index (Phi) is 7.44. The molecule has 0 N–H and O–H groups in total. The highest BCUT2D eigenvalue weighted by molar-refractivity contribution is 5.92. The predicted octanol–water partition coefficient (Wildman–Crippen LogP) is 6.82. The summed E-state index contributed by atoms with van der Waals surface area (Å²) in [6, 6.07) is 7.34. The van der Waals surface area contributed by atoms with Gasteiger partial charge < -0.3 is 14.7 Å². The zero-order chi connectivity index (χ0) is 28.9. The van der Waals surface area contributed by atoms with E-state index in [4.69, 9.17) is 0 Å². The fraction of sp³-hybridized carbons (Fsp3) is 0.484. The van der Waals surface area contributed by atoms with E-state index in [1.54, 1.807) is 39.1 Å². The maximum atomic E-state index is 14.1. The summed E-state index contributed by atoms with van der Waals surface area (Å²) in [5, 5.41) is 0. The molecule has 2 saturated heterocycles. The molecule has 3 aliphatic rings.